The van der Waals surface area contributed by atoms with Crippen molar-refractivity contribution in [3.63, 3.8) is 0 Å². The standard InChI is InChI=1S/C20H23ClN2O2/c1-13(2)16-10-9-14(3)11-19(16)25-12-20(24)23-22-15(4)17-7-5-6-8-18(17)21/h5-11,13H,12H2,1-4H3,(H,23,24)/b22-15+. The number of amides is 1. The molecule has 4 nitrogen and oxygen atoms in total. The quantitative estimate of drug-likeness (QED) is 0.601. The van der Waals surface area contributed by atoms with Gasteiger partial charge < -0.3 is 4.74 Å². The third kappa shape index (κ3) is 5.33. The number of hydrazone groups is 1. The summed E-state index contributed by atoms with van der Waals surface area (Å²) >= 11 is 6.12. The number of ether oxygens (including phenoxy) is 1. The topological polar surface area (TPSA) is 50.7 Å². The summed E-state index contributed by atoms with van der Waals surface area (Å²) in [7, 11) is 0. The highest BCUT2D eigenvalue weighted by Crippen LogP contribution is 2.27. The van der Waals surface area contributed by atoms with E-state index in [2.05, 4.69) is 24.4 Å². The van der Waals surface area contributed by atoms with Crippen molar-refractivity contribution in [2.75, 3.05) is 6.61 Å². The Kier molecular flexibility index (Phi) is 6.59. The van der Waals surface area contributed by atoms with Crippen molar-refractivity contribution in [2.24, 2.45) is 5.10 Å². The van der Waals surface area contributed by atoms with Gasteiger partial charge in [-0.05, 0) is 43.0 Å². The number of hydrogen-bond donors (Lipinski definition) is 1. The molecule has 2 rings (SSSR count). The van der Waals surface area contributed by atoms with E-state index in [1.165, 1.54) is 0 Å². The van der Waals surface area contributed by atoms with Crippen LogP contribution in [-0.2, 0) is 4.79 Å². The molecule has 1 N–H and O–H groups in total. The number of nitrogens with zero attached hydrogens (tertiary/aromatic N) is 1. The number of carbonyl (C=O) groups excluding carboxylic acids is 1. The Labute approximate surface area is 153 Å². The zero-order valence-electron chi connectivity index (χ0n) is 15.0. The number of nitrogens with one attached hydrogen (secondary N) is 1. The first kappa shape index (κ1) is 19.0. The second-order valence-electron chi connectivity index (χ2n) is 6.20. The summed E-state index contributed by atoms with van der Waals surface area (Å²) in [6, 6.07) is 13.4. The van der Waals surface area contributed by atoms with E-state index in [0.29, 0.717) is 16.7 Å². The van der Waals surface area contributed by atoms with Gasteiger partial charge in [-0.1, -0.05) is 55.8 Å². The average molecular weight is 359 g/mol. The fraction of sp³-hybridized carbons (Fsp3) is 0.300. The molecule has 0 bridgehead atoms. The Hall–Kier alpha value is -2.33. The first-order valence-corrected chi connectivity index (χ1v) is 8.57. The predicted molar refractivity (Wildman–Crippen MR) is 103 cm³/mol. The van der Waals surface area contributed by atoms with Crippen molar-refractivity contribution in [2.45, 2.75) is 33.6 Å². The average Bonchev–Trinajstić information content (AvgIpc) is 2.58. The molecule has 25 heavy (non-hydrogen) atoms. The summed E-state index contributed by atoms with van der Waals surface area (Å²) in [6.07, 6.45) is 0. The highest BCUT2D eigenvalue weighted by atomic mass is 35.5. The molecule has 5 heteroatoms. The molecule has 0 radical (unpaired) electrons. The minimum atomic E-state index is -0.317. The molecule has 0 spiro atoms. The highest BCUT2D eigenvalue weighted by Gasteiger charge is 2.10. The second-order valence-corrected chi connectivity index (χ2v) is 6.60. The molecule has 0 aliphatic carbocycles. The van der Waals surface area contributed by atoms with Crippen LogP contribution < -0.4 is 10.2 Å². The molecule has 0 aromatic heterocycles. The van der Waals surface area contributed by atoms with Gasteiger partial charge in [-0.3, -0.25) is 4.79 Å². The SMILES string of the molecule is C/C(=N\NC(=O)COc1cc(C)ccc1C(C)C)c1ccccc1Cl. The highest BCUT2D eigenvalue weighted by molar-refractivity contribution is 6.34. The normalized spacial score (nSPS) is 11.5. The Morgan fingerprint density at radius 2 is 1.96 bits per heavy atom. The third-order valence-electron chi connectivity index (χ3n) is 3.76. The Bertz CT molecular complexity index is 785. The van der Waals surface area contributed by atoms with E-state index in [-0.39, 0.29) is 12.5 Å². The van der Waals surface area contributed by atoms with Gasteiger partial charge in [0.2, 0.25) is 0 Å². The molecule has 0 saturated carbocycles. The summed E-state index contributed by atoms with van der Waals surface area (Å²) in [5.41, 5.74) is 6.10. The Morgan fingerprint density at radius 1 is 1.24 bits per heavy atom. The predicted octanol–water partition coefficient (Wildman–Crippen LogP) is 4.69. The first-order chi connectivity index (χ1) is 11.9. The summed E-state index contributed by atoms with van der Waals surface area (Å²) < 4.78 is 5.70. The summed E-state index contributed by atoms with van der Waals surface area (Å²) in [6.45, 7) is 7.88. The number of benzene rings is 2. The molecule has 0 heterocycles. The van der Waals surface area contributed by atoms with E-state index >= 15 is 0 Å². The zero-order chi connectivity index (χ0) is 18.4. The molecule has 2 aromatic rings. The second kappa shape index (κ2) is 8.67. The molecule has 0 aliphatic heterocycles. The van der Waals surface area contributed by atoms with Crippen molar-refractivity contribution >= 4 is 23.2 Å². The van der Waals surface area contributed by atoms with Gasteiger partial charge in [-0.15, -0.1) is 0 Å². The minimum absolute atomic E-state index is 0.0948. The largest absolute Gasteiger partial charge is 0.483 e. The molecular weight excluding hydrogens is 336 g/mol. The number of carbonyl (C=O) groups is 1. The van der Waals surface area contributed by atoms with E-state index < -0.39 is 0 Å². The van der Waals surface area contributed by atoms with Gasteiger partial charge in [0.1, 0.15) is 5.75 Å². The van der Waals surface area contributed by atoms with Crippen molar-refractivity contribution in [1.29, 1.82) is 0 Å². The van der Waals surface area contributed by atoms with E-state index in [0.717, 1.165) is 22.4 Å². The molecule has 0 saturated heterocycles. The van der Waals surface area contributed by atoms with E-state index in [1.54, 1.807) is 13.0 Å². The van der Waals surface area contributed by atoms with Crippen LogP contribution in [0.15, 0.2) is 47.6 Å². The minimum Gasteiger partial charge on any atom is -0.483 e. The van der Waals surface area contributed by atoms with Gasteiger partial charge in [0.05, 0.1) is 5.71 Å². The Morgan fingerprint density at radius 3 is 2.64 bits per heavy atom. The molecule has 1 amide bonds. The lowest BCUT2D eigenvalue weighted by atomic mass is 10.0. The molecule has 0 aliphatic rings. The van der Waals surface area contributed by atoms with Crippen LogP contribution in [0.1, 0.15) is 43.4 Å². The first-order valence-electron chi connectivity index (χ1n) is 8.20. The number of aryl methyl sites for hydroxylation is 1. The molecule has 0 atom stereocenters. The van der Waals surface area contributed by atoms with Crippen LogP contribution in [0.5, 0.6) is 5.75 Å². The zero-order valence-corrected chi connectivity index (χ0v) is 15.7. The Balaban J connectivity index is 1.99. The van der Waals surface area contributed by atoms with Crippen LogP contribution >= 0.6 is 11.6 Å². The van der Waals surface area contributed by atoms with Crippen LogP contribution in [0.3, 0.4) is 0 Å². The monoisotopic (exact) mass is 358 g/mol. The summed E-state index contributed by atoms with van der Waals surface area (Å²) in [5, 5.41) is 4.69. The van der Waals surface area contributed by atoms with Gasteiger partial charge in [-0.2, -0.15) is 5.10 Å². The fourth-order valence-corrected chi connectivity index (χ4v) is 2.65. The van der Waals surface area contributed by atoms with Crippen LogP contribution in [0.2, 0.25) is 5.02 Å². The van der Waals surface area contributed by atoms with Gasteiger partial charge >= 0.3 is 0 Å². The van der Waals surface area contributed by atoms with Crippen LogP contribution in [-0.4, -0.2) is 18.2 Å². The van der Waals surface area contributed by atoms with Crippen molar-refractivity contribution in [3.8, 4) is 5.75 Å². The fourth-order valence-electron chi connectivity index (χ4n) is 2.38. The molecule has 0 fully saturated rings. The number of rotatable bonds is 6. The van der Waals surface area contributed by atoms with Crippen molar-refractivity contribution in [1.82, 2.24) is 5.43 Å². The third-order valence-corrected chi connectivity index (χ3v) is 4.09. The van der Waals surface area contributed by atoms with Gasteiger partial charge in [-0.25, -0.2) is 5.43 Å². The van der Waals surface area contributed by atoms with Crippen LogP contribution in [0, 0.1) is 6.92 Å². The van der Waals surface area contributed by atoms with E-state index in [1.807, 2.05) is 43.3 Å². The summed E-state index contributed by atoms with van der Waals surface area (Å²) in [5.74, 6) is 0.735. The van der Waals surface area contributed by atoms with Gasteiger partial charge in [0.25, 0.3) is 5.91 Å². The van der Waals surface area contributed by atoms with Gasteiger partial charge in [0, 0.05) is 10.6 Å². The maximum atomic E-state index is 12.0. The van der Waals surface area contributed by atoms with Crippen molar-refractivity contribution in [3.05, 3.63) is 64.2 Å². The lowest BCUT2D eigenvalue weighted by Gasteiger charge is -2.14. The van der Waals surface area contributed by atoms with Crippen molar-refractivity contribution < 1.29 is 9.53 Å². The molecule has 0 unspecified atom stereocenters. The van der Waals surface area contributed by atoms with E-state index in [9.17, 15) is 4.79 Å². The van der Waals surface area contributed by atoms with Gasteiger partial charge in [0.15, 0.2) is 6.61 Å². The number of halogens is 1. The molecule has 2 aromatic carbocycles. The number of hydrogen-bond acceptors (Lipinski definition) is 3. The summed E-state index contributed by atoms with van der Waals surface area (Å²) in [4.78, 5) is 12.0. The van der Waals surface area contributed by atoms with Crippen LogP contribution in [0.25, 0.3) is 0 Å². The maximum absolute atomic E-state index is 12.0. The molecule has 132 valence electrons. The lowest BCUT2D eigenvalue weighted by Crippen LogP contribution is -2.26. The maximum Gasteiger partial charge on any atom is 0.277 e. The van der Waals surface area contributed by atoms with E-state index in [4.69, 9.17) is 16.3 Å². The lowest BCUT2D eigenvalue weighted by molar-refractivity contribution is -0.123. The van der Waals surface area contributed by atoms with Crippen LogP contribution in [0.4, 0.5) is 0 Å². The smallest absolute Gasteiger partial charge is 0.277 e. The molecular formula is C20H23ClN2O2.